The third-order valence-electron chi connectivity index (χ3n) is 3.39. The molecule has 0 saturated carbocycles. The molecule has 0 fully saturated rings. The van der Waals surface area contributed by atoms with Crippen molar-refractivity contribution in [1.82, 2.24) is 15.0 Å². The van der Waals surface area contributed by atoms with Gasteiger partial charge in [-0.25, -0.2) is 9.97 Å². The van der Waals surface area contributed by atoms with Gasteiger partial charge in [0.05, 0.1) is 16.5 Å². The Bertz CT molecular complexity index is 1060. The standard InChI is InChI=1S/C18H12ClN5O2S/c19-12-6-7-14(21-9-12)22-15(25)10-27-18-23-16(11-4-2-1-3-5-11)13(8-20)17(26)24-18/h1-7,9H,10H2,(H,21,22,25)(H,23,24,26). The average molecular weight is 398 g/mol. The molecule has 0 bridgehead atoms. The van der Waals surface area contributed by atoms with Crippen molar-refractivity contribution in [2.75, 3.05) is 11.1 Å². The molecule has 2 heterocycles. The first-order valence-electron chi connectivity index (χ1n) is 7.71. The van der Waals surface area contributed by atoms with E-state index in [4.69, 9.17) is 11.6 Å². The third kappa shape index (κ3) is 4.73. The number of carbonyl (C=O) groups excluding carboxylic acids is 1. The number of hydrogen-bond acceptors (Lipinski definition) is 6. The normalized spacial score (nSPS) is 10.2. The fraction of sp³-hybridized carbons (Fsp3) is 0.0556. The second-order valence-electron chi connectivity index (χ2n) is 5.27. The first kappa shape index (κ1) is 18.6. The minimum Gasteiger partial charge on any atom is -0.310 e. The summed E-state index contributed by atoms with van der Waals surface area (Å²) in [5.41, 5.74) is 0.315. The van der Waals surface area contributed by atoms with Gasteiger partial charge in [-0.15, -0.1) is 0 Å². The highest BCUT2D eigenvalue weighted by Gasteiger charge is 2.14. The highest BCUT2D eigenvalue weighted by molar-refractivity contribution is 7.99. The summed E-state index contributed by atoms with van der Waals surface area (Å²) in [6.07, 6.45) is 1.43. The summed E-state index contributed by atoms with van der Waals surface area (Å²) in [7, 11) is 0. The number of halogens is 1. The summed E-state index contributed by atoms with van der Waals surface area (Å²) in [4.78, 5) is 35.1. The van der Waals surface area contributed by atoms with E-state index in [0.29, 0.717) is 16.4 Å². The zero-order valence-corrected chi connectivity index (χ0v) is 15.3. The van der Waals surface area contributed by atoms with Crippen molar-refractivity contribution in [3.63, 3.8) is 0 Å². The van der Waals surface area contributed by atoms with Crippen molar-refractivity contribution in [3.05, 3.63) is 69.6 Å². The van der Waals surface area contributed by atoms with Crippen LogP contribution < -0.4 is 10.9 Å². The van der Waals surface area contributed by atoms with E-state index in [1.807, 2.05) is 12.1 Å². The van der Waals surface area contributed by atoms with E-state index in [0.717, 1.165) is 11.8 Å². The molecule has 3 rings (SSSR count). The largest absolute Gasteiger partial charge is 0.310 e. The van der Waals surface area contributed by atoms with Gasteiger partial charge < -0.3 is 10.3 Å². The van der Waals surface area contributed by atoms with Gasteiger partial charge >= 0.3 is 0 Å². The van der Waals surface area contributed by atoms with Crippen LogP contribution in [0.1, 0.15) is 5.56 Å². The maximum absolute atomic E-state index is 12.2. The third-order valence-corrected chi connectivity index (χ3v) is 4.49. The van der Waals surface area contributed by atoms with Crippen LogP contribution in [0.15, 0.2) is 58.6 Å². The number of pyridine rings is 1. The van der Waals surface area contributed by atoms with Crippen molar-refractivity contribution >= 4 is 35.1 Å². The lowest BCUT2D eigenvalue weighted by atomic mass is 10.1. The summed E-state index contributed by atoms with van der Waals surface area (Å²) >= 11 is 6.80. The number of thioether (sulfide) groups is 1. The number of amides is 1. The number of benzene rings is 1. The predicted molar refractivity (Wildman–Crippen MR) is 104 cm³/mol. The van der Waals surface area contributed by atoms with Crippen molar-refractivity contribution in [3.8, 4) is 17.3 Å². The topological polar surface area (TPSA) is 112 Å². The Hall–Kier alpha value is -3.15. The van der Waals surface area contributed by atoms with Gasteiger partial charge in [-0.1, -0.05) is 53.7 Å². The van der Waals surface area contributed by atoms with Gasteiger partial charge in [0.2, 0.25) is 5.91 Å². The molecule has 1 amide bonds. The molecule has 2 N–H and O–H groups in total. The second kappa shape index (κ2) is 8.49. The molecule has 0 spiro atoms. The molecule has 0 aliphatic rings. The van der Waals surface area contributed by atoms with Gasteiger partial charge in [0.1, 0.15) is 17.5 Å². The maximum Gasteiger partial charge on any atom is 0.270 e. The first-order chi connectivity index (χ1) is 13.1. The molecule has 0 saturated heterocycles. The number of nitrogens with zero attached hydrogens (tertiary/aromatic N) is 3. The molecule has 3 aromatic rings. The van der Waals surface area contributed by atoms with Crippen LogP contribution in [0.3, 0.4) is 0 Å². The van der Waals surface area contributed by atoms with Crippen LogP contribution >= 0.6 is 23.4 Å². The van der Waals surface area contributed by atoms with Gasteiger partial charge in [0, 0.05) is 11.8 Å². The van der Waals surface area contributed by atoms with Gasteiger partial charge in [-0.2, -0.15) is 5.26 Å². The fourth-order valence-corrected chi connectivity index (χ4v) is 2.96. The molecule has 9 heteroatoms. The van der Waals surface area contributed by atoms with E-state index >= 15 is 0 Å². The minimum absolute atomic E-state index is 0.00732. The molecule has 27 heavy (non-hydrogen) atoms. The molecule has 7 nitrogen and oxygen atoms in total. The maximum atomic E-state index is 12.2. The van der Waals surface area contributed by atoms with Crippen LogP contribution in [-0.4, -0.2) is 26.6 Å². The number of hydrogen-bond donors (Lipinski definition) is 2. The van der Waals surface area contributed by atoms with Gasteiger partial charge in [-0.3, -0.25) is 9.59 Å². The van der Waals surface area contributed by atoms with E-state index in [-0.39, 0.29) is 28.1 Å². The molecular weight excluding hydrogens is 386 g/mol. The Morgan fingerprint density at radius 3 is 2.70 bits per heavy atom. The summed E-state index contributed by atoms with van der Waals surface area (Å²) in [6.45, 7) is 0. The zero-order valence-electron chi connectivity index (χ0n) is 13.8. The summed E-state index contributed by atoms with van der Waals surface area (Å²) in [5, 5.41) is 12.6. The van der Waals surface area contributed by atoms with E-state index < -0.39 is 5.56 Å². The number of H-pyrrole nitrogens is 1. The highest BCUT2D eigenvalue weighted by atomic mass is 35.5. The molecule has 0 aliphatic heterocycles. The van der Waals surface area contributed by atoms with Crippen LogP contribution in [0.4, 0.5) is 5.82 Å². The quantitative estimate of drug-likeness (QED) is 0.505. The molecule has 0 unspecified atom stereocenters. The predicted octanol–water partition coefficient (Wildman–Crippen LogP) is 3.09. The van der Waals surface area contributed by atoms with Crippen LogP contribution in [0.5, 0.6) is 0 Å². The Morgan fingerprint density at radius 2 is 2.04 bits per heavy atom. The smallest absolute Gasteiger partial charge is 0.270 e. The Labute approximate surface area is 163 Å². The number of nitriles is 1. The summed E-state index contributed by atoms with van der Waals surface area (Å²) in [5.74, 6) is 0.0623. The van der Waals surface area contributed by atoms with Crippen molar-refractivity contribution in [2.45, 2.75) is 5.16 Å². The highest BCUT2D eigenvalue weighted by Crippen LogP contribution is 2.21. The molecular formula is C18H12ClN5O2S. The van der Waals surface area contributed by atoms with Crippen LogP contribution in [-0.2, 0) is 4.79 Å². The lowest BCUT2D eigenvalue weighted by Gasteiger charge is -2.07. The molecule has 134 valence electrons. The van der Waals surface area contributed by atoms with Crippen LogP contribution in [0.2, 0.25) is 5.02 Å². The van der Waals surface area contributed by atoms with Gasteiger partial charge in [-0.05, 0) is 12.1 Å². The van der Waals surface area contributed by atoms with Crippen molar-refractivity contribution in [1.29, 1.82) is 5.26 Å². The monoisotopic (exact) mass is 397 g/mol. The second-order valence-corrected chi connectivity index (χ2v) is 6.67. The number of nitrogens with one attached hydrogen (secondary N) is 2. The van der Waals surface area contributed by atoms with Gasteiger partial charge in [0.15, 0.2) is 5.16 Å². The fourth-order valence-electron chi connectivity index (χ4n) is 2.19. The van der Waals surface area contributed by atoms with E-state index in [1.54, 1.807) is 36.4 Å². The summed E-state index contributed by atoms with van der Waals surface area (Å²) < 4.78 is 0. The van der Waals surface area contributed by atoms with Gasteiger partial charge in [0.25, 0.3) is 5.56 Å². The number of anilines is 1. The Balaban J connectivity index is 1.76. The number of carbonyl (C=O) groups is 1. The van der Waals surface area contributed by atoms with E-state index in [9.17, 15) is 14.9 Å². The van der Waals surface area contributed by atoms with Crippen LogP contribution in [0.25, 0.3) is 11.3 Å². The number of rotatable bonds is 5. The summed E-state index contributed by atoms with van der Waals surface area (Å²) in [6, 6.07) is 14.0. The molecule has 0 radical (unpaired) electrons. The lowest BCUT2D eigenvalue weighted by Crippen LogP contribution is -2.17. The van der Waals surface area contributed by atoms with Crippen molar-refractivity contribution < 1.29 is 4.79 Å². The lowest BCUT2D eigenvalue weighted by molar-refractivity contribution is -0.113. The van der Waals surface area contributed by atoms with Crippen molar-refractivity contribution in [2.24, 2.45) is 0 Å². The average Bonchev–Trinajstić information content (AvgIpc) is 2.68. The molecule has 1 aromatic carbocycles. The molecule has 2 aromatic heterocycles. The van der Waals surface area contributed by atoms with E-state index in [1.165, 1.54) is 6.20 Å². The Morgan fingerprint density at radius 1 is 1.26 bits per heavy atom. The van der Waals surface area contributed by atoms with Crippen LogP contribution in [0, 0.1) is 11.3 Å². The first-order valence-corrected chi connectivity index (χ1v) is 9.07. The number of aromatic nitrogens is 3. The Kier molecular flexibility index (Phi) is 5.86. The zero-order chi connectivity index (χ0) is 19.2. The molecule has 0 atom stereocenters. The SMILES string of the molecule is N#Cc1c(-c2ccccc2)nc(SCC(=O)Nc2ccc(Cl)cn2)[nH]c1=O. The van der Waals surface area contributed by atoms with E-state index in [2.05, 4.69) is 20.3 Å². The molecule has 0 aliphatic carbocycles. The minimum atomic E-state index is -0.548. The number of aromatic amines is 1.